The Hall–Kier alpha value is -1.43. The van der Waals surface area contributed by atoms with Crippen LogP contribution in [0.25, 0.3) is 0 Å². The summed E-state index contributed by atoms with van der Waals surface area (Å²) in [4.78, 5) is 18.7. The highest BCUT2D eigenvalue weighted by atomic mass is 16.3. The molecule has 2 aliphatic rings. The van der Waals surface area contributed by atoms with Crippen LogP contribution in [0.4, 0.5) is 0 Å². The van der Waals surface area contributed by atoms with Gasteiger partial charge in [0.2, 0.25) is 5.91 Å². The molecule has 3 rings (SSSR count). The molecule has 0 aromatic carbocycles. The average molecular weight is 278 g/mol. The van der Waals surface area contributed by atoms with Crippen LogP contribution in [0, 0.1) is 5.92 Å². The first-order valence-electron chi connectivity index (χ1n) is 7.56. The number of hydrogen-bond acceptors (Lipinski definition) is 4. The molecular formula is C14H22N4O2. The number of aromatic amines is 1. The van der Waals surface area contributed by atoms with Gasteiger partial charge in [-0.1, -0.05) is 0 Å². The molecule has 20 heavy (non-hydrogen) atoms. The van der Waals surface area contributed by atoms with Gasteiger partial charge in [0.15, 0.2) is 0 Å². The molecule has 0 spiro atoms. The van der Waals surface area contributed by atoms with Crippen LogP contribution in [0.5, 0.6) is 0 Å². The molecule has 1 aliphatic carbocycles. The van der Waals surface area contributed by atoms with E-state index in [2.05, 4.69) is 15.2 Å². The number of nitrogens with one attached hydrogen (secondary N) is 1. The maximum absolute atomic E-state index is 12.5. The van der Waals surface area contributed by atoms with Crippen LogP contribution in [0.15, 0.2) is 6.33 Å². The van der Waals surface area contributed by atoms with Crippen molar-refractivity contribution in [3.8, 4) is 0 Å². The van der Waals surface area contributed by atoms with Gasteiger partial charge in [-0.2, -0.15) is 5.10 Å². The molecular weight excluding hydrogens is 256 g/mol. The van der Waals surface area contributed by atoms with E-state index in [4.69, 9.17) is 0 Å². The maximum Gasteiger partial charge on any atom is 0.225 e. The third kappa shape index (κ3) is 2.85. The van der Waals surface area contributed by atoms with Gasteiger partial charge >= 0.3 is 0 Å². The molecule has 2 fully saturated rings. The molecule has 1 aromatic heterocycles. The molecule has 1 amide bonds. The van der Waals surface area contributed by atoms with E-state index >= 15 is 0 Å². The number of aliphatic hydroxyl groups excluding tert-OH is 1. The van der Waals surface area contributed by atoms with Crippen molar-refractivity contribution in [2.45, 2.75) is 50.5 Å². The monoisotopic (exact) mass is 278 g/mol. The molecule has 0 unspecified atom stereocenters. The van der Waals surface area contributed by atoms with Gasteiger partial charge in [0, 0.05) is 24.9 Å². The van der Waals surface area contributed by atoms with Crippen molar-refractivity contribution < 1.29 is 9.90 Å². The Morgan fingerprint density at radius 3 is 2.50 bits per heavy atom. The van der Waals surface area contributed by atoms with Crippen molar-refractivity contribution in [1.29, 1.82) is 0 Å². The van der Waals surface area contributed by atoms with Crippen molar-refractivity contribution >= 4 is 5.91 Å². The first kappa shape index (κ1) is 13.5. The van der Waals surface area contributed by atoms with Gasteiger partial charge in [-0.15, -0.1) is 0 Å². The number of likely N-dealkylation sites (tertiary alicyclic amines) is 1. The summed E-state index contributed by atoms with van der Waals surface area (Å²) >= 11 is 0. The quantitative estimate of drug-likeness (QED) is 0.847. The van der Waals surface area contributed by atoms with E-state index in [1.165, 1.54) is 0 Å². The van der Waals surface area contributed by atoms with Crippen molar-refractivity contribution in [3.63, 3.8) is 0 Å². The topological polar surface area (TPSA) is 82.1 Å². The minimum atomic E-state index is -0.198. The number of aliphatic hydroxyl groups is 1. The lowest BCUT2D eigenvalue weighted by molar-refractivity contribution is -0.138. The Morgan fingerprint density at radius 1 is 1.20 bits per heavy atom. The van der Waals surface area contributed by atoms with Gasteiger partial charge in [-0.25, -0.2) is 4.98 Å². The zero-order valence-corrected chi connectivity index (χ0v) is 11.7. The number of rotatable bonds is 2. The predicted octanol–water partition coefficient (Wildman–Crippen LogP) is 1.06. The Bertz CT molecular complexity index is 432. The molecule has 2 N–H and O–H groups in total. The SMILES string of the molecule is O=C(C1CCC(O)CC1)N1CCC(c2ncn[nH]2)CC1. The predicted molar refractivity (Wildman–Crippen MR) is 72.9 cm³/mol. The normalized spacial score (nSPS) is 28.6. The first-order chi connectivity index (χ1) is 9.74. The smallest absolute Gasteiger partial charge is 0.225 e. The van der Waals surface area contributed by atoms with E-state index in [0.717, 1.165) is 57.4 Å². The van der Waals surface area contributed by atoms with E-state index in [1.807, 2.05) is 4.90 Å². The van der Waals surface area contributed by atoms with Crippen LogP contribution >= 0.6 is 0 Å². The molecule has 1 aromatic rings. The highest BCUT2D eigenvalue weighted by molar-refractivity contribution is 5.79. The maximum atomic E-state index is 12.5. The number of carbonyl (C=O) groups excluding carboxylic acids is 1. The van der Waals surface area contributed by atoms with E-state index in [-0.39, 0.29) is 17.9 Å². The second kappa shape index (κ2) is 5.91. The summed E-state index contributed by atoms with van der Waals surface area (Å²) in [6, 6.07) is 0. The fraction of sp³-hybridized carbons (Fsp3) is 0.786. The summed E-state index contributed by atoms with van der Waals surface area (Å²) in [7, 11) is 0. The van der Waals surface area contributed by atoms with E-state index in [9.17, 15) is 9.90 Å². The van der Waals surface area contributed by atoms with Crippen molar-refractivity contribution in [2.24, 2.45) is 5.92 Å². The lowest BCUT2D eigenvalue weighted by Crippen LogP contribution is -2.42. The minimum absolute atomic E-state index is 0.125. The third-order valence-electron chi connectivity index (χ3n) is 4.67. The van der Waals surface area contributed by atoms with E-state index in [1.54, 1.807) is 6.33 Å². The van der Waals surface area contributed by atoms with Gasteiger partial charge in [0.1, 0.15) is 12.2 Å². The van der Waals surface area contributed by atoms with Crippen molar-refractivity contribution in [1.82, 2.24) is 20.1 Å². The van der Waals surface area contributed by atoms with Gasteiger partial charge in [-0.05, 0) is 38.5 Å². The average Bonchev–Trinajstić information content (AvgIpc) is 3.02. The number of carbonyl (C=O) groups is 1. The lowest BCUT2D eigenvalue weighted by Gasteiger charge is -2.35. The van der Waals surface area contributed by atoms with Gasteiger partial charge in [0.25, 0.3) is 0 Å². The summed E-state index contributed by atoms with van der Waals surface area (Å²) in [5, 5.41) is 16.3. The molecule has 0 atom stereocenters. The molecule has 0 bridgehead atoms. The molecule has 6 nitrogen and oxygen atoms in total. The van der Waals surface area contributed by atoms with Crippen LogP contribution in [-0.4, -0.2) is 50.3 Å². The Labute approximate surface area is 118 Å². The van der Waals surface area contributed by atoms with Crippen molar-refractivity contribution in [3.05, 3.63) is 12.2 Å². The number of piperidine rings is 1. The number of H-pyrrole nitrogens is 1. The lowest BCUT2D eigenvalue weighted by atomic mass is 9.85. The minimum Gasteiger partial charge on any atom is -0.393 e. The van der Waals surface area contributed by atoms with Crippen LogP contribution in [-0.2, 0) is 4.79 Å². The standard InChI is InChI=1S/C14H22N4O2/c19-12-3-1-11(2-4-12)14(20)18-7-5-10(6-8-18)13-15-9-16-17-13/h9-12,19H,1-8H2,(H,15,16,17). The number of amides is 1. The summed E-state index contributed by atoms with van der Waals surface area (Å²) in [6.45, 7) is 1.62. The highest BCUT2D eigenvalue weighted by Crippen LogP contribution is 2.29. The van der Waals surface area contributed by atoms with Crippen LogP contribution in [0.3, 0.4) is 0 Å². The molecule has 1 aliphatic heterocycles. The molecule has 6 heteroatoms. The molecule has 110 valence electrons. The summed E-state index contributed by atoms with van der Waals surface area (Å²) < 4.78 is 0. The van der Waals surface area contributed by atoms with Gasteiger partial charge < -0.3 is 10.0 Å². The summed E-state index contributed by atoms with van der Waals surface area (Å²) in [5.41, 5.74) is 0. The molecule has 0 radical (unpaired) electrons. The fourth-order valence-electron chi connectivity index (χ4n) is 3.37. The first-order valence-corrected chi connectivity index (χ1v) is 7.56. The third-order valence-corrected chi connectivity index (χ3v) is 4.67. The fourth-order valence-corrected chi connectivity index (χ4v) is 3.37. The Morgan fingerprint density at radius 2 is 1.90 bits per heavy atom. The molecule has 1 saturated heterocycles. The number of aromatic nitrogens is 3. The highest BCUT2D eigenvalue weighted by Gasteiger charge is 2.31. The number of hydrogen-bond donors (Lipinski definition) is 2. The zero-order valence-electron chi connectivity index (χ0n) is 11.7. The number of nitrogens with zero attached hydrogens (tertiary/aromatic N) is 3. The van der Waals surface area contributed by atoms with E-state index in [0.29, 0.717) is 5.92 Å². The van der Waals surface area contributed by atoms with Crippen molar-refractivity contribution in [2.75, 3.05) is 13.1 Å². The summed E-state index contributed by atoms with van der Waals surface area (Å²) in [5.74, 6) is 1.75. The summed E-state index contributed by atoms with van der Waals surface area (Å²) in [6.07, 6.45) is 6.46. The van der Waals surface area contributed by atoms with Crippen LogP contribution in [0.2, 0.25) is 0 Å². The second-order valence-corrected chi connectivity index (χ2v) is 5.98. The molecule has 1 saturated carbocycles. The van der Waals surface area contributed by atoms with Crippen LogP contribution in [0.1, 0.15) is 50.3 Å². The van der Waals surface area contributed by atoms with E-state index < -0.39 is 0 Å². The largest absolute Gasteiger partial charge is 0.393 e. The van der Waals surface area contributed by atoms with Gasteiger partial charge in [0.05, 0.1) is 6.10 Å². The second-order valence-electron chi connectivity index (χ2n) is 5.98. The Kier molecular flexibility index (Phi) is 4.00. The van der Waals surface area contributed by atoms with Gasteiger partial charge in [-0.3, -0.25) is 9.89 Å². The molecule has 2 heterocycles. The van der Waals surface area contributed by atoms with Crippen LogP contribution < -0.4 is 0 Å². The zero-order chi connectivity index (χ0) is 13.9. The Balaban J connectivity index is 1.51.